The van der Waals surface area contributed by atoms with Crippen LogP contribution in [0.1, 0.15) is 81.1 Å². The lowest BCUT2D eigenvalue weighted by molar-refractivity contribution is 0.229. The van der Waals surface area contributed by atoms with Gasteiger partial charge in [-0.1, -0.05) is 49.0 Å². The molecule has 0 amide bonds. The molecular formula is C18H44N2. The van der Waals surface area contributed by atoms with Gasteiger partial charge in [0.05, 0.1) is 0 Å². The summed E-state index contributed by atoms with van der Waals surface area (Å²) in [5.74, 6) is 0. The first-order valence-electron chi connectivity index (χ1n) is 7.81. The molecule has 2 saturated heterocycles. The van der Waals surface area contributed by atoms with Crippen LogP contribution in [0.4, 0.5) is 0 Å². The van der Waals surface area contributed by atoms with Gasteiger partial charge in [-0.15, -0.1) is 0 Å². The normalized spacial score (nSPS) is 19.5. The zero-order valence-electron chi connectivity index (χ0n) is 12.1. The van der Waals surface area contributed by atoms with Gasteiger partial charge in [0, 0.05) is 0 Å². The monoisotopic (exact) mass is 288 g/mol. The summed E-state index contributed by atoms with van der Waals surface area (Å²) >= 11 is 0. The van der Waals surface area contributed by atoms with E-state index in [1.165, 1.54) is 84.2 Å². The quantitative estimate of drug-likeness (QED) is 0.697. The van der Waals surface area contributed by atoms with Crippen molar-refractivity contribution in [3.05, 3.63) is 0 Å². The molecule has 0 saturated carbocycles. The Morgan fingerprint density at radius 2 is 1.00 bits per heavy atom. The van der Waals surface area contributed by atoms with Crippen LogP contribution in [0, 0.1) is 0 Å². The number of hydrogen-bond donors (Lipinski definition) is 0. The molecule has 2 rings (SSSR count). The predicted octanol–water partition coefficient (Wildman–Crippen LogP) is 5.28. The number of nitrogens with zero attached hydrogens (tertiary/aromatic N) is 2. The van der Waals surface area contributed by atoms with E-state index in [0.717, 1.165) is 0 Å². The minimum Gasteiger partial charge on any atom is -0.304 e. The molecule has 0 radical (unpaired) electrons. The SMILES string of the molecule is C.C.C.CCCN1CCCCC1.CCN1CCCCC1. The summed E-state index contributed by atoms with van der Waals surface area (Å²) in [7, 11) is 0. The van der Waals surface area contributed by atoms with Crippen molar-refractivity contribution in [1.82, 2.24) is 9.80 Å². The molecule has 2 heterocycles. The van der Waals surface area contributed by atoms with E-state index < -0.39 is 0 Å². The number of rotatable bonds is 3. The lowest BCUT2D eigenvalue weighted by atomic mass is 10.1. The van der Waals surface area contributed by atoms with Gasteiger partial charge < -0.3 is 9.80 Å². The Morgan fingerprint density at radius 1 is 0.600 bits per heavy atom. The lowest BCUT2D eigenvalue weighted by Crippen LogP contribution is -2.30. The molecule has 0 atom stereocenters. The minimum atomic E-state index is 0. The molecule has 2 heteroatoms. The Balaban J connectivity index is -0.000000252. The molecule has 0 aromatic carbocycles. The van der Waals surface area contributed by atoms with E-state index in [1.54, 1.807) is 0 Å². The van der Waals surface area contributed by atoms with Crippen molar-refractivity contribution in [3.8, 4) is 0 Å². The van der Waals surface area contributed by atoms with Gasteiger partial charge in [0.15, 0.2) is 0 Å². The molecule has 2 fully saturated rings. The van der Waals surface area contributed by atoms with Crippen LogP contribution in [-0.2, 0) is 0 Å². The molecule has 0 aromatic heterocycles. The van der Waals surface area contributed by atoms with Gasteiger partial charge in [-0.05, 0) is 71.4 Å². The van der Waals surface area contributed by atoms with Crippen LogP contribution in [0.3, 0.4) is 0 Å². The van der Waals surface area contributed by atoms with E-state index in [4.69, 9.17) is 0 Å². The number of hydrogen-bond acceptors (Lipinski definition) is 2. The van der Waals surface area contributed by atoms with Gasteiger partial charge in [-0.25, -0.2) is 0 Å². The Hall–Kier alpha value is -0.0800. The first-order chi connectivity index (χ1) is 8.36. The van der Waals surface area contributed by atoms with Crippen molar-refractivity contribution < 1.29 is 0 Å². The number of piperidine rings is 2. The van der Waals surface area contributed by atoms with Crippen molar-refractivity contribution in [1.29, 1.82) is 0 Å². The summed E-state index contributed by atoms with van der Waals surface area (Å²) in [6.07, 6.45) is 9.94. The number of likely N-dealkylation sites (tertiary alicyclic amines) is 2. The van der Waals surface area contributed by atoms with Crippen LogP contribution in [0.25, 0.3) is 0 Å². The second-order valence-electron chi connectivity index (χ2n) is 5.40. The molecule has 2 aliphatic rings. The zero-order valence-corrected chi connectivity index (χ0v) is 12.1. The third-order valence-corrected chi connectivity index (χ3v) is 3.88. The summed E-state index contributed by atoms with van der Waals surface area (Å²) < 4.78 is 0. The van der Waals surface area contributed by atoms with Crippen LogP contribution in [-0.4, -0.2) is 49.1 Å². The van der Waals surface area contributed by atoms with Gasteiger partial charge in [0.25, 0.3) is 0 Å². The molecule has 20 heavy (non-hydrogen) atoms. The standard InChI is InChI=1S/C8H17N.C7H15N.3CH4/c1-2-6-9-7-4-3-5-8-9;1-2-8-6-4-3-5-7-8;;;/h2-8H2,1H3;2-7H2,1H3;3*1H4. The van der Waals surface area contributed by atoms with E-state index in [1.807, 2.05) is 0 Å². The van der Waals surface area contributed by atoms with Crippen molar-refractivity contribution in [2.75, 3.05) is 39.3 Å². The minimum absolute atomic E-state index is 0. The maximum absolute atomic E-state index is 2.57. The van der Waals surface area contributed by atoms with Crippen LogP contribution in [0.2, 0.25) is 0 Å². The third-order valence-electron chi connectivity index (χ3n) is 3.88. The van der Waals surface area contributed by atoms with Crippen LogP contribution >= 0.6 is 0 Å². The highest BCUT2D eigenvalue weighted by molar-refractivity contribution is 4.63. The molecule has 0 unspecified atom stereocenters. The second-order valence-corrected chi connectivity index (χ2v) is 5.40. The zero-order chi connectivity index (χ0) is 12.3. The molecule has 0 spiro atoms. The largest absolute Gasteiger partial charge is 0.304 e. The fourth-order valence-electron chi connectivity index (χ4n) is 2.77. The lowest BCUT2D eigenvalue weighted by Gasteiger charge is -2.25. The molecular weight excluding hydrogens is 244 g/mol. The van der Waals surface area contributed by atoms with E-state index in [-0.39, 0.29) is 22.3 Å². The van der Waals surface area contributed by atoms with E-state index in [0.29, 0.717) is 0 Å². The topological polar surface area (TPSA) is 6.48 Å². The predicted molar refractivity (Wildman–Crippen MR) is 96.7 cm³/mol. The fourth-order valence-corrected chi connectivity index (χ4v) is 2.77. The van der Waals surface area contributed by atoms with E-state index in [2.05, 4.69) is 23.6 Å². The molecule has 2 nitrogen and oxygen atoms in total. The van der Waals surface area contributed by atoms with Gasteiger partial charge >= 0.3 is 0 Å². The Labute approximate surface area is 130 Å². The fraction of sp³-hybridized carbons (Fsp3) is 1.00. The Kier molecular flexibility index (Phi) is 21.1. The van der Waals surface area contributed by atoms with Gasteiger partial charge in [0.1, 0.15) is 0 Å². The maximum atomic E-state index is 2.57. The molecule has 0 N–H and O–H groups in total. The summed E-state index contributed by atoms with van der Waals surface area (Å²) in [5, 5.41) is 0. The average molecular weight is 289 g/mol. The van der Waals surface area contributed by atoms with Crippen molar-refractivity contribution in [2.24, 2.45) is 0 Å². The van der Waals surface area contributed by atoms with Crippen LogP contribution < -0.4 is 0 Å². The smallest absolute Gasteiger partial charge is 0.00187 e. The molecule has 0 aliphatic carbocycles. The molecule has 0 aromatic rings. The van der Waals surface area contributed by atoms with Gasteiger partial charge in [-0.3, -0.25) is 0 Å². The van der Waals surface area contributed by atoms with Crippen LogP contribution in [0.5, 0.6) is 0 Å². The average Bonchev–Trinajstić information content (AvgIpc) is 2.42. The van der Waals surface area contributed by atoms with Gasteiger partial charge in [0.2, 0.25) is 0 Å². The third kappa shape index (κ3) is 11.7. The molecule has 2 aliphatic heterocycles. The summed E-state index contributed by atoms with van der Waals surface area (Å²) in [6, 6.07) is 0. The first kappa shape index (κ1) is 24.9. The highest BCUT2D eigenvalue weighted by Gasteiger charge is 2.07. The van der Waals surface area contributed by atoms with Crippen molar-refractivity contribution >= 4 is 0 Å². The van der Waals surface area contributed by atoms with E-state index in [9.17, 15) is 0 Å². The van der Waals surface area contributed by atoms with E-state index >= 15 is 0 Å². The molecule has 126 valence electrons. The summed E-state index contributed by atoms with van der Waals surface area (Å²) in [4.78, 5) is 5.09. The second kappa shape index (κ2) is 17.0. The summed E-state index contributed by atoms with van der Waals surface area (Å²) in [6.45, 7) is 12.5. The highest BCUT2D eigenvalue weighted by Crippen LogP contribution is 2.08. The first-order valence-corrected chi connectivity index (χ1v) is 7.81. The highest BCUT2D eigenvalue weighted by atomic mass is 15.1. The summed E-state index contributed by atoms with van der Waals surface area (Å²) in [5.41, 5.74) is 0. The molecule has 0 bridgehead atoms. The Morgan fingerprint density at radius 3 is 1.30 bits per heavy atom. The van der Waals surface area contributed by atoms with Gasteiger partial charge in [-0.2, -0.15) is 0 Å². The van der Waals surface area contributed by atoms with Crippen molar-refractivity contribution in [2.45, 2.75) is 81.1 Å². The Bertz CT molecular complexity index is 156. The maximum Gasteiger partial charge on any atom is -0.00187 e. The van der Waals surface area contributed by atoms with Crippen molar-refractivity contribution in [3.63, 3.8) is 0 Å². The van der Waals surface area contributed by atoms with Crippen LogP contribution in [0.15, 0.2) is 0 Å².